The normalized spacial score (nSPS) is 17.8. The van der Waals surface area contributed by atoms with Crippen molar-refractivity contribution in [1.29, 1.82) is 0 Å². The number of benzene rings is 1. The zero-order chi connectivity index (χ0) is 14.8. The van der Waals surface area contributed by atoms with E-state index < -0.39 is 10.2 Å². The van der Waals surface area contributed by atoms with Crippen molar-refractivity contribution < 1.29 is 8.42 Å². The predicted octanol–water partition coefficient (Wildman–Crippen LogP) is 1.28. The molecule has 0 atom stereocenters. The van der Waals surface area contributed by atoms with E-state index in [2.05, 4.69) is 5.32 Å². The summed E-state index contributed by atoms with van der Waals surface area (Å²) in [5, 5.41) is 3.22. The third-order valence-corrected chi connectivity index (χ3v) is 5.57. The highest BCUT2D eigenvalue weighted by molar-refractivity contribution is 7.90. The first-order chi connectivity index (χ1) is 9.43. The largest absolute Gasteiger partial charge is 0.315 e. The molecule has 0 bridgehead atoms. The lowest BCUT2D eigenvalue weighted by Gasteiger charge is -2.28. The van der Waals surface area contributed by atoms with Crippen molar-refractivity contribution in [2.75, 3.05) is 37.5 Å². The smallest absolute Gasteiger partial charge is 0.303 e. The minimum Gasteiger partial charge on any atom is -0.315 e. The minimum absolute atomic E-state index is 0.525. The van der Waals surface area contributed by atoms with Gasteiger partial charge in [-0.25, -0.2) is 0 Å². The molecule has 2 rings (SSSR count). The number of nitrogens with one attached hydrogen (secondary N) is 1. The molecule has 0 saturated carbocycles. The molecule has 1 aliphatic rings. The average Bonchev–Trinajstić information content (AvgIpc) is 2.67. The summed E-state index contributed by atoms with van der Waals surface area (Å²) in [4.78, 5) is 0. The van der Waals surface area contributed by atoms with Crippen LogP contribution < -0.4 is 9.62 Å². The fourth-order valence-corrected chi connectivity index (χ4v) is 3.99. The number of hydrogen-bond acceptors (Lipinski definition) is 3. The molecular weight excluding hydrogens is 274 g/mol. The lowest BCUT2D eigenvalue weighted by molar-refractivity contribution is 0.431. The van der Waals surface area contributed by atoms with Gasteiger partial charge in [0.2, 0.25) is 0 Å². The molecule has 5 nitrogen and oxygen atoms in total. The fraction of sp³-hybridized carbons (Fsp3) is 0.571. The maximum atomic E-state index is 12.7. The standard InChI is InChI=1S/C14H23N3O2S/c1-12-5-6-14(13(2)11-12)16(3)20(18,19)17-9-4-7-15-8-10-17/h5-6,11,15H,4,7-10H2,1-3H3. The van der Waals surface area contributed by atoms with Crippen LogP contribution in [0.3, 0.4) is 0 Å². The van der Waals surface area contributed by atoms with E-state index in [1.807, 2.05) is 32.0 Å². The van der Waals surface area contributed by atoms with Crippen LogP contribution in [0.4, 0.5) is 5.69 Å². The van der Waals surface area contributed by atoms with Crippen LogP contribution in [0, 0.1) is 13.8 Å². The maximum Gasteiger partial charge on any atom is 0.303 e. The molecule has 0 spiro atoms. The molecule has 1 heterocycles. The number of aryl methyl sites for hydroxylation is 2. The van der Waals surface area contributed by atoms with Gasteiger partial charge in [-0.15, -0.1) is 0 Å². The summed E-state index contributed by atoms with van der Waals surface area (Å²) in [6.07, 6.45) is 0.847. The Labute approximate surface area is 121 Å². The van der Waals surface area contributed by atoms with Gasteiger partial charge in [0.05, 0.1) is 5.69 Å². The van der Waals surface area contributed by atoms with Gasteiger partial charge < -0.3 is 5.32 Å². The van der Waals surface area contributed by atoms with Gasteiger partial charge in [-0.2, -0.15) is 12.7 Å². The predicted molar refractivity (Wildman–Crippen MR) is 82.3 cm³/mol. The van der Waals surface area contributed by atoms with Crippen molar-refractivity contribution in [3.63, 3.8) is 0 Å². The van der Waals surface area contributed by atoms with E-state index in [0.717, 1.165) is 29.8 Å². The SMILES string of the molecule is Cc1ccc(N(C)S(=O)(=O)N2CCCNCC2)c(C)c1. The molecule has 0 unspecified atom stereocenters. The van der Waals surface area contributed by atoms with Crippen molar-refractivity contribution in [3.05, 3.63) is 29.3 Å². The Morgan fingerprint density at radius 1 is 1.20 bits per heavy atom. The van der Waals surface area contributed by atoms with Crippen molar-refractivity contribution in [1.82, 2.24) is 9.62 Å². The van der Waals surface area contributed by atoms with Crippen LogP contribution in [-0.4, -0.2) is 45.9 Å². The van der Waals surface area contributed by atoms with Gasteiger partial charge in [0, 0.05) is 26.7 Å². The number of nitrogens with zero attached hydrogens (tertiary/aromatic N) is 2. The summed E-state index contributed by atoms with van der Waals surface area (Å²) in [5.41, 5.74) is 2.85. The second-order valence-electron chi connectivity index (χ2n) is 5.27. The summed E-state index contributed by atoms with van der Waals surface area (Å²) >= 11 is 0. The third-order valence-electron chi connectivity index (χ3n) is 3.66. The molecular formula is C14H23N3O2S. The summed E-state index contributed by atoms with van der Waals surface area (Å²) in [5.74, 6) is 0. The first-order valence-corrected chi connectivity index (χ1v) is 8.34. The van der Waals surface area contributed by atoms with Crippen LogP contribution in [0.5, 0.6) is 0 Å². The molecule has 0 aromatic heterocycles. The molecule has 6 heteroatoms. The Morgan fingerprint density at radius 2 is 1.95 bits per heavy atom. The Hall–Kier alpha value is -1.11. The summed E-state index contributed by atoms with van der Waals surface area (Å²) in [6.45, 7) is 6.63. The van der Waals surface area contributed by atoms with E-state index in [1.165, 1.54) is 4.31 Å². The van der Waals surface area contributed by atoms with E-state index in [9.17, 15) is 8.42 Å². The van der Waals surface area contributed by atoms with Crippen molar-refractivity contribution in [2.45, 2.75) is 20.3 Å². The van der Waals surface area contributed by atoms with E-state index >= 15 is 0 Å². The Balaban J connectivity index is 2.27. The van der Waals surface area contributed by atoms with Gasteiger partial charge in [-0.05, 0) is 38.4 Å². The van der Waals surface area contributed by atoms with Gasteiger partial charge >= 0.3 is 10.2 Å². The van der Waals surface area contributed by atoms with Crippen molar-refractivity contribution in [3.8, 4) is 0 Å². The summed E-state index contributed by atoms with van der Waals surface area (Å²) in [7, 11) is -1.82. The Kier molecular flexibility index (Phi) is 4.67. The second-order valence-corrected chi connectivity index (χ2v) is 7.23. The van der Waals surface area contributed by atoms with Crippen molar-refractivity contribution >= 4 is 15.9 Å². The summed E-state index contributed by atoms with van der Waals surface area (Å²) < 4.78 is 28.4. The molecule has 0 radical (unpaired) electrons. The number of anilines is 1. The molecule has 112 valence electrons. The monoisotopic (exact) mass is 297 g/mol. The lowest BCUT2D eigenvalue weighted by Crippen LogP contribution is -2.43. The number of hydrogen-bond donors (Lipinski definition) is 1. The quantitative estimate of drug-likeness (QED) is 0.914. The Bertz CT molecular complexity index is 564. The van der Waals surface area contributed by atoms with Gasteiger partial charge in [0.1, 0.15) is 0 Å². The molecule has 1 aromatic rings. The topological polar surface area (TPSA) is 52.7 Å². The van der Waals surface area contributed by atoms with Crippen molar-refractivity contribution in [2.24, 2.45) is 0 Å². The summed E-state index contributed by atoms with van der Waals surface area (Å²) in [6, 6.07) is 5.82. The minimum atomic E-state index is -3.45. The molecule has 1 fully saturated rings. The molecule has 20 heavy (non-hydrogen) atoms. The van der Waals surface area contributed by atoms with Gasteiger partial charge in [0.25, 0.3) is 0 Å². The van der Waals surface area contributed by atoms with Crippen LogP contribution in [-0.2, 0) is 10.2 Å². The van der Waals surface area contributed by atoms with Crippen LogP contribution >= 0.6 is 0 Å². The third kappa shape index (κ3) is 3.13. The zero-order valence-electron chi connectivity index (χ0n) is 12.4. The van der Waals surface area contributed by atoms with Gasteiger partial charge in [0.15, 0.2) is 0 Å². The van der Waals surface area contributed by atoms with E-state index in [0.29, 0.717) is 19.6 Å². The highest BCUT2D eigenvalue weighted by Gasteiger charge is 2.28. The molecule has 0 aliphatic carbocycles. The molecule has 0 amide bonds. The maximum absolute atomic E-state index is 12.7. The van der Waals surface area contributed by atoms with Crippen LogP contribution in [0.2, 0.25) is 0 Å². The highest BCUT2D eigenvalue weighted by Crippen LogP contribution is 2.24. The van der Waals surface area contributed by atoms with Crippen LogP contribution in [0.15, 0.2) is 18.2 Å². The van der Waals surface area contributed by atoms with Crippen LogP contribution in [0.25, 0.3) is 0 Å². The zero-order valence-corrected chi connectivity index (χ0v) is 13.2. The molecule has 1 N–H and O–H groups in total. The molecule has 1 aromatic carbocycles. The van der Waals surface area contributed by atoms with Crippen LogP contribution in [0.1, 0.15) is 17.5 Å². The number of rotatable bonds is 3. The van der Waals surface area contributed by atoms with Gasteiger partial charge in [-0.1, -0.05) is 17.7 Å². The Morgan fingerprint density at radius 3 is 2.65 bits per heavy atom. The van der Waals surface area contributed by atoms with Gasteiger partial charge in [-0.3, -0.25) is 4.31 Å². The first-order valence-electron chi connectivity index (χ1n) is 6.95. The lowest BCUT2D eigenvalue weighted by atomic mass is 10.1. The average molecular weight is 297 g/mol. The highest BCUT2D eigenvalue weighted by atomic mass is 32.2. The van der Waals surface area contributed by atoms with E-state index in [4.69, 9.17) is 0 Å². The fourth-order valence-electron chi connectivity index (χ4n) is 2.51. The molecule has 1 aliphatic heterocycles. The van der Waals surface area contributed by atoms with E-state index in [1.54, 1.807) is 11.4 Å². The first kappa shape index (κ1) is 15.3. The molecule has 1 saturated heterocycles. The second kappa shape index (κ2) is 6.11. The van der Waals surface area contributed by atoms with E-state index in [-0.39, 0.29) is 0 Å².